The maximum atomic E-state index is 13.2. The molecule has 0 saturated heterocycles. The molecule has 0 radical (unpaired) electrons. The van der Waals surface area contributed by atoms with Crippen LogP contribution in [0.4, 0.5) is 14.5 Å². The van der Waals surface area contributed by atoms with Gasteiger partial charge in [0.25, 0.3) is 10.0 Å². The second kappa shape index (κ2) is 7.31. The molecule has 2 aromatic carbocycles. The van der Waals surface area contributed by atoms with Crippen molar-refractivity contribution in [3.63, 3.8) is 0 Å². The predicted octanol–water partition coefficient (Wildman–Crippen LogP) is 2.87. The van der Waals surface area contributed by atoms with Crippen molar-refractivity contribution in [2.24, 2.45) is 0 Å². The summed E-state index contributed by atoms with van der Waals surface area (Å²) in [6, 6.07) is 6.22. The number of methoxy groups -OCH3 is 1. The zero-order valence-electron chi connectivity index (χ0n) is 12.9. The number of hydrogen-bond donors (Lipinski definition) is 2. The fourth-order valence-corrected chi connectivity index (χ4v) is 3.24. The topological polar surface area (TPSA) is 92.7 Å². The lowest BCUT2D eigenvalue weighted by Gasteiger charge is -2.12. The Morgan fingerprint density at radius 1 is 1.16 bits per heavy atom. The van der Waals surface area contributed by atoms with Crippen molar-refractivity contribution in [3.05, 3.63) is 59.7 Å². The minimum Gasteiger partial charge on any atom is -0.495 e. The van der Waals surface area contributed by atoms with E-state index in [-0.39, 0.29) is 21.9 Å². The standard InChI is InChI=1S/C16H13F2NO5S/c1-24-14-4-2-10(3-5-16(20)21)6-15(14)25(22,23)19-13-8-11(17)7-12(18)9-13/h2-9,19H,1H3,(H,20,21)/b5-3+. The molecule has 132 valence electrons. The molecule has 0 aliphatic carbocycles. The monoisotopic (exact) mass is 369 g/mol. The third-order valence-corrected chi connectivity index (χ3v) is 4.41. The van der Waals surface area contributed by atoms with Gasteiger partial charge >= 0.3 is 5.97 Å². The number of sulfonamides is 1. The van der Waals surface area contributed by atoms with E-state index in [1.165, 1.54) is 31.4 Å². The molecule has 0 aliphatic rings. The summed E-state index contributed by atoms with van der Waals surface area (Å²) >= 11 is 0. The number of aliphatic carboxylic acids is 1. The number of hydrogen-bond acceptors (Lipinski definition) is 4. The smallest absolute Gasteiger partial charge is 0.328 e. The van der Waals surface area contributed by atoms with Crippen LogP contribution < -0.4 is 9.46 Å². The molecule has 0 atom stereocenters. The Morgan fingerprint density at radius 2 is 1.80 bits per heavy atom. The molecule has 0 heterocycles. The van der Waals surface area contributed by atoms with Crippen molar-refractivity contribution in [1.29, 1.82) is 0 Å². The quantitative estimate of drug-likeness (QED) is 0.764. The van der Waals surface area contributed by atoms with Crippen molar-refractivity contribution >= 4 is 27.8 Å². The summed E-state index contributed by atoms with van der Waals surface area (Å²) in [6.07, 6.45) is 2.04. The Kier molecular flexibility index (Phi) is 5.38. The lowest BCUT2D eigenvalue weighted by Crippen LogP contribution is -2.14. The molecule has 0 aromatic heterocycles. The van der Waals surface area contributed by atoms with Crippen LogP contribution in [0.25, 0.3) is 6.08 Å². The molecule has 0 fully saturated rings. The summed E-state index contributed by atoms with van der Waals surface area (Å²) in [7, 11) is -2.99. The molecule has 0 saturated carbocycles. The highest BCUT2D eigenvalue weighted by Crippen LogP contribution is 2.28. The molecule has 2 rings (SSSR count). The molecule has 0 unspecified atom stereocenters. The first-order valence-electron chi connectivity index (χ1n) is 6.79. The lowest BCUT2D eigenvalue weighted by molar-refractivity contribution is -0.131. The highest BCUT2D eigenvalue weighted by molar-refractivity contribution is 7.92. The summed E-state index contributed by atoms with van der Waals surface area (Å²) in [6.45, 7) is 0. The summed E-state index contributed by atoms with van der Waals surface area (Å²) in [5, 5.41) is 8.64. The van der Waals surface area contributed by atoms with Crippen LogP contribution in [0.5, 0.6) is 5.75 Å². The Morgan fingerprint density at radius 3 is 2.36 bits per heavy atom. The van der Waals surface area contributed by atoms with Gasteiger partial charge in [-0.2, -0.15) is 0 Å². The minimum absolute atomic E-state index is 0.0168. The van der Waals surface area contributed by atoms with Crippen molar-refractivity contribution in [2.75, 3.05) is 11.8 Å². The van der Waals surface area contributed by atoms with Gasteiger partial charge in [0.2, 0.25) is 0 Å². The Labute approximate surface area is 142 Å². The maximum Gasteiger partial charge on any atom is 0.328 e. The third-order valence-electron chi connectivity index (χ3n) is 3.01. The first-order valence-corrected chi connectivity index (χ1v) is 8.27. The van der Waals surface area contributed by atoms with Crippen LogP contribution in [0, 0.1) is 11.6 Å². The molecular weight excluding hydrogens is 356 g/mol. The van der Waals surface area contributed by atoms with Gasteiger partial charge in [-0.1, -0.05) is 6.07 Å². The van der Waals surface area contributed by atoms with Gasteiger partial charge < -0.3 is 9.84 Å². The van der Waals surface area contributed by atoms with Gasteiger partial charge in [-0.25, -0.2) is 22.0 Å². The minimum atomic E-state index is -4.24. The van der Waals surface area contributed by atoms with Crippen molar-refractivity contribution < 1.29 is 31.8 Å². The highest BCUT2D eigenvalue weighted by atomic mass is 32.2. The van der Waals surface area contributed by atoms with E-state index >= 15 is 0 Å². The number of carboxylic acids is 1. The average molecular weight is 369 g/mol. The van der Waals surface area contributed by atoms with Gasteiger partial charge in [0.05, 0.1) is 12.8 Å². The molecule has 2 N–H and O–H groups in total. The molecule has 6 nitrogen and oxygen atoms in total. The first kappa shape index (κ1) is 18.4. The van der Waals surface area contributed by atoms with E-state index in [0.717, 1.165) is 18.2 Å². The fraction of sp³-hybridized carbons (Fsp3) is 0.0625. The fourth-order valence-electron chi connectivity index (χ4n) is 2.00. The first-order chi connectivity index (χ1) is 11.7. The largest absolute Gasteiger partial charge is 0.495 e. The van der Waals surface area contributed by atoms with Crippen molar-refractivity contribution in [3.8, 4) is 5.75 Å². The van der Waals surface area contributed by atoms with E-state index in [1.54, 1.807) is 0 Å². The molecule has 2 aromatic rings. The van der Waals surface area contributed by atoms with Gasteiger partial charge in [0.15, 0.2) is 0 Å². The Hall–Kier alpha value is -2.94. The molecule has 0 bridgehead atoms. The summed E-state index contributed by atoms with van der Waals surface area (Å²) < 4.78 is 58.5. The van der Waals surface area contributed by atoms with Gasteiger partial charge in [-0.15, -0.1) is 0 Å². The van der Waals surface area contributed by atoms with E-state index in [0.29, 0.717) is 6.07 Å². The SMILES string of the molecule is COc1ccc(/C=C/C(=O)O)cc1S(=O)(=O)Nc1cc(F)cc(F)c1. The molecule has 0 spiro atoms. The van der Waals surface area contributed by atoms with Crippen molar-refractivity contribution in [2.45, 2.75) is 4.90 Å². The van der Waals surface area contributed by atoms with Gasteiger partial charge in [0, 0.05) is 12.1 Å². The zero-order valence-corrected chi connectivity index (χ0v) is 13.7. The summed E-state index contributed by atoms with van der Waals surface area (Å²) in [5.74, 6) is -3.10. The number of carboxylic acid groups (broad SMARTS) is 1. The summed E-state index contributed by atoms with van der Waals surface area (Å²) in [5.41, 5.74) is -0.0139. The van der Waals surface area contributed by atoms with Crippen LogP contribution in [0.1, 0.15) is 5.56 Å². The van der Waals surface area contributed by atoms with Crippen molar-refractivity contribution in [1.82, 2.24) is 0 Å². The number of ether oxygens (including phenoxy) is 1. The van der Waals surface area contributed by atoms with Crippen LogP contribution in [0.2, 0.25) is 0 Å². The number of rotatable bonds is 6. The van der Waals surface area contributed by atoms with E-state index in [9.17, 15) is 22.0 Å². The summed E-state index contributed by atoms with van der Waals surface area (Å²) in [4.78, 5) is 10.3. The maximum absolute atomic E-state index is 13.2. The van der Waals surface area contributed by atoms with E-state index in [2.05, 4.69) is 4.72 Å². The number of nitrogens with one attached hydrogen (secondary N) is 1. The van der Waals surface area contributed by atoms with Crippen LogP contribution in [0.15, 0.2) is 47.4 Å². The second-order valence-electron chi connectivity index (χ2n) is 4.85. The molecule has 25 heavy (non-hydrogen) atoms. The molecule has 0 aliphatic heterocycles. The van der Waals surface area contributed by atoms with E-state index in [4.69, 9.17) is 9.84 Å². The number of anilines is 1. The highest BCUT2D eigenvalue weighted by Gasteiger charge is 2.20. The van der Waals surface area contributed by atoms with E-state index in [1.807, 2.05) is 0 Å². The van der Waals surface area contributed by atoms with Gasteiger partial charge in [-0.05, 0) is 35.9 Å². The van der Waals surface area contributed by atoms with Crippen LogP contribution in [-0.2, 0) is 14.8 Å². The Bertz CT molecular complexity index is 921. The second-order valence-corrected chi connectivity index (χ2v) is 6.50. The van der Waals surface area contributed by atoms with Gasteiger partial charge in [0.1, 0.15) is 22.3 Å². The predicted molar refractivity (Wildman–Crippen MR) is 86.8 cm³/mol. The molecule has 0 amide bonds. The Balaban J connectivity index is 2.46. The van der Waals surface area contributed by atoms with Gasteiger partial charge in [-0.3, -0.25) is 4.72 Å². The number of carbonyl (C=O) groups is 1. The third kappa shape index (κ3) is 4.77. The normalized spacial score (nSPS) is 11.5. The average Bonchev–Trinajstić information content (AvgIpc) is 2.51. The lowest BCUT2D eigenvalue weighted by atomic mass is 10.2. The number of halogens is 2. The van der Waals surface area contributed by atoms with Crippen LogP contribution in [-0.4, -0.2) is 26.6 Å². The molecule has 9 heteroatoms. The van der Waals surface area contributed by atoms with E-state index < -0.39 is 27.6 Å². The van der Waals surface area contributed by atoms with Crippen LogP contribution >= 0.6 is 0 Å². The number of benzene rings is 2. The van der Waals surface area contributed by atoms with Crippen LogP contribution in [0.3, 0.4) is 0 Å². The zero-order chi connectivity index (χ0) is 18.6. The molecular formula is C16H13F2NO5S.